The summed E-state index contributed by atoms with van der Waals surface area (Å²) in [6.07, 6.45) is 2.07. The summed E-state index contributed by atoms with van der Waals surface area (Å²) < 4.78 is 10.3. The van der Waals surface area contributed by atoms with Gasteiger partial charge < -0.3 is 19.6 Å². The summed E-state index contributed by atoms with van der Waals surface area (Å²) in [6, 6.07) is 7.18. The average Bonchev–Trinajstić information content (AvgIpc) is 2.42. The fourth-order valence-electron chi connectivity index (χ4n) is 1.46. The molecule has 1 rings (SSSR count). The molecule has 0 saturated carbocycles. The van der Waals surface area contributed by atoms with Crippen molar-refractivity contribution in [1.82, 2.24) is 5.32 Å². The van der Waals surface area contributed by atoms with Gasteiger partial charge in [0.05, 0.1) is 32.5 Å². The lowest BCUT2D eigenvalue weighted by Crippen LogP contribution is -2.14. The van der Waals surface area contributed by atoms with Crippen molar-refractivity contribution in [3.63, 3.8) is 0 Å². The fourth-order valence-corrected chi connectivity index (χ4v) is 1.46. The second-order valence-electron chi connectivity index (χ2n) is 3.30. The number of ether oxygens (including phenoxy) is 2. The van der Waals surface area contributed by atoms with Gasteiger partial charge in [0.25, 0.3) is 0 Å². The Bertz CT molecular complexity index is 489. The Balaban J connectivity index is 3.10. The molecule has 1 aromatic rings. The van der Waals surface area contributed by atoms with Crippen LogP contribution in [-0.4, -0.2) is 27.1 Å². The van der Waals surface area contributed by atoms with E-state index in [1.54, 1.807) is 25.3 Å². The van der Waals surface area contributed by atoms with Crippen molar-refractivity contribution in [2.75, 3.05) is 20.8 Å². The first kappa shape index (κ1) is 13.6. The molecular weight excluding hydrogens is 232 g/mol. The van der Waals surface area contributed by atoms with Crippen LogP contribution >= 0.6 is 0 Å². The topological polar surface area (TPSA) is 71.3 Å². The van der Waals surface area contributed by atoms with E-state index < -0.39 is 0 Å². The maximum atomic E-state index is 10.4. The van der Waals surface area contributed by atoms with E-state index in [1.807, 2.05) is 6.07 Å². The highest BCUT2D eigenvalue weighted by Gasteiger charge is 2.07. The van der Waals surface area contributed by atoms with E-state index >= 15 is 0 Å². The lowest BCUT2D eigenvalue weighted by molar-refractivity contribution is -0.107. The van der Waals surface area contributed by atoms with Crippen LogP contribution in [0, 0.1) is 11.3 Å². The zero-order valence-corrected chi connectivity index (χ0v) is 10.3. The molecule has 5 heteroatoms. The summed E-state index contributed by atoms with van der Waals surface area (Å²) in [5.41, 5.74) is 1.31. The van der Waals surface area contributed by atoms with Gasteiger partial charge in [-0.3, -0.25) is 0 Å². The number of rotatable bonds is 6. The van der Waals surface area contributed by atoms with Crippen molar-refractivity contribution in [3.8, 4) is 17.6 Å². The lowest BCUT2D eigenvalue weighted by atomic mass is 10.1. The van der Waals surface area contributed by atoms with Crippen LogP contribution in [0.4, 0.5) is 0 Å². The Morgan fingerprint density at radius 2 is 2.11 bits per heavy atom. The second kappa shape index (κ2) is 6.97. The Kier molecular flexibility index (Phi) is 5.26. The molecule has 18 heavy (non-hydrogen) atoms. The van der Waals surface area contributed by atoms with Crippen LogP contribution in [0.5, 0.6) is 11.5 Å². The smallest absolute Gasteiger partial charge is 0.161 e. The highest BCUT2D eigenvalue weighted by atomic mass is 16.5. The van der Waals surface area contributed by atoms with Crippen LogP contribution in [0.15, 0.2) is 24.3 Å². The summed E-state index contributed by atoms with van der Waals surface area (Å²) in [5, 5.41) is 11.6. The van der Waals surface area contributed by atoms with Crippen LogP contribution in [0.25, 0.3) is 5.70 Å². The monoisotopic (exact) mass is 246 g/mol. The van der Waals surface area contributed by atoms with Crippen LogP contribution in [-0.2, 0) is 4.79 Å². The number of benzene rings is 1. The van der Waals surface area contributed by atoms with Crippen LogP contribution in [0.1, 0.15) is 5.56 Å². The molecule has 0 atom stereocenters. The van der Waals surface area contributed by atoms with Gasteiger partial charge in [-0.1, -0.05) is 0 Å². The number of methoxy groups -OCH3 is 2. The highest BCUT2D eigenvalue weighted by molar-refractivity contribution is 5.70. The molecule has 0 aliphatic rings. The molecule has 0 saturated heterocycles. The first-order valence-electron chi connectivity index (χ1n) is 5.26. The van der Waals surface area contributed by atoms with E-state index in [1.165, 1.54) is 13.2 Å². The van der Waals surface area contributed by atoms with Crippen molar-refractivity contribution in [2.45, 2.75) is 0 Å². The molecule has 0 unspecified atom stereocenters. The maximum absolute atomic E-state index is 10.4. The second-order valence-corrected chi connectivity index (χ2v) is 3.30. The van der Waals surface area contributed by atoms with E-state index in [-0.39, 0.29) is 6.54 Å². The van der Waals surface area contributed by atoms with Crippen LogP contribution in [0.3, 0.4) is 0 Å². The molecule has 0 amide bonds. The van der Waals surface area contributed by atoms with Gasteiger partial charge in [0.1, 0.15) is 6.29 Å². The number of hydrogen-bond donors (Lipinski definition) is 1. The number of allylic oxidation sites excluding steroid dienone is 1. The first-order valence-corrected chi connectivity index (χ1v) is 5.26. The van der Waals surface area contributed by atoms with Crippen molar-refractivity contribution in [1.29, 1.82) is 5.26 Å². The SMILES string of the molecule is COc1ccc(C(=CC#N)NCC=O)cc1OC. The van der Waals surface area contributed by atoms with Crippen LogP contribution in [0.2, 0.25) is 0 Å². The van der Waals surface area contributed by atoms with E-state index in [2.05, 4.69) is 5.32 Å². The summed E-state index contributed by atoms with van der Waals surface area (Å²) in [4.78, 5) is 10.4. The number of carbonyl (C=O) groups is 1. The molecule has 0 heterocycles. The molecule has 1 N–H and O–H groups in total. The largest absolute Gasteiger partial charge is 0.493 e. The number of nitriles is 1. The molecular formula is C13H14N2O3. The normalized spacial score (nSPS) is 10.4. The van der Waals surface area contributed by atoms with Gasteiger partial charge >= 0.3 is 0 Å². The van der Waals surface area contributed by atoms with Gasteiger partial charge in [0.15, 0.2) is 11.5 Å². The van der Waals surface area contributed by atoms with E-state index in [4.69, 9.17) is 14.7 Å². The number of hydrogen-bond acceptors (Lipinski definition) is 5. The third kappa shape index (κ3) is 3.25. The van der Waals surface area contributed by atoms with Gasteiger partial charge in [0.2, 0.25) is 0 Å². The molecule has 94 valence electrons. The minimum atomic E-state index is 0.141. The Hall–Kier alpha value is -2.48. The molecule has 0 aromatic heterocycles. The number of nitrogens with zero attached hydrogens (tertiary/aromatic N) is 1. The third-order valence-electron chi connectivity index (χ3n) is 2.28. The standard InChI is InChI=1S/C13H14N2O3/c1-17-12-4-3-10(9-13(12)18-2)11(5-6-14)15-7-8-16/h3-5,8-9,15H,7H2,1-2H3. The minimum Gasteiger partial charge on any atom is -0.493 e. The summed E-state index contributed by atoms with van der Waals surface area (Å²) in [5.74, 6) is 1.17. The molecule has 0 aliphatic carbocycles. The Labute approximate surface area is 106 Å². The number of aldehydes is 1. The third-order valence-corrected chi connectivity index (χ3v) is 2.28. The molecule has 1 aromatic carbocycles. The molecule has 0 fully saturated rings. The molecule has 0 bridgehead atoms. The fraction of sp³-hybridized carbons (Fsp3) is 0.231. The Morgan fingerprint density at radius 1 is 1.39 bits per heavy atom. The van der Waals surface area contributed by atoms with Gasteiger partial charge in [0, 0.05) is 11.6 Å². The van der Waals surface area contributed by atoms with Crippen LogP contribution < -0.4 is 14.8 Å². The molecule has 0 aliphatic heterocycles. The average molecular weight is 246 g/mol. The van der Waals surface area contributed by atoms with Crippen molar-refractivity contribution in [2.24, 2.45) is 0 Å². The van der Waals surface area contributed by atoms with E-state index in [9.17, 15) is 4.79 Å². The lowest BCUT2D eigenvalue weighted by Gasteiger charge is -2.12. The molecule has 0 radical (unpaired) electrons. The first-order chi connectivity index (χ1) is 8.76. The maximum Gasteiger partial charge on any atom is 0.161 e. The zero-order valence-electron chi connectivity index (χ0n) is 10.3. The summed E-state index contributed by atoms with van der Waals surface area (Å²) in [6.45, 7) is 0.141. The summed E-state index contributed by atoms with van der Waals surface area (Å²) in [7, 11) is 3.09. The quantitative estimate of drug-likeness (QED) is 0.606. The van der Waals surface area contributed by atoms with Crippen molar-refractivity contribution < 1.29 is 14.3 Å². The van der Waals surface area contributed by atoms with Gasteiger partial charge in [-0.15, -0.1) is 0 Å². The molecule has 5 nitrogen and oxygen atoms in total. The van der Waals surface area contributed by atoms with E-state index in [0.717, 1.165) is 11.8 Å². The summed E-state index contributed by atoms with van der Waals surface area (Å²) >= 11 is 0. The van der Waals surface area contributed by atoms with Crippen molar-refractivity contribution in [3.05, 3.63) is 29.8 Å². The van der Waals surface area contributed by atoms with E-state index in [0.29, 0.717) is 17.2 Å². The predicted octanol–water partition coefficient (Wildman–Crippen LogP) is 1.36. The predicted molar refractivity (Wildman–Crippen MR) is 67.2 cm³/mol. The minimum absolute atomic E-state index is 0.141. The van der Waals surface area contributed by atoms with Crippen molar-refractivity contribution >= 4 is 12.0 Å². The van der Waals surface area contributed by atoms with Gasteiger partial charge in [-0.2, -0.15) is 5.26 Å². The number of carbonyl (C=O) groups excluding carboxylic acids is 1. The van der Waals surface area contributed by atoms with Gasteiger partial charge in [-0.05, 0) is 18.2 Å². The highest BCUT2D eigenvalue weighted by Crippen LogP contribution is 2.29. The molecule has 0 spiro atoms. The number of nitrogens with one attached hydrogen (secondary N) is 1. The van der Waals surface area contributed by atoms with Gasteiger partial charge in [-0.25, -0.2) is 0 Å². The zero-order chi connectivity index (χ0) is 13.4. The Morgan fingerprint density at radius 3 is 2.67 bits per heavy atom.